The Morgan fingerprint density at radius 1 is 1.14 bits per heavy atom. The molecule has 21 heavy (non-hydrogen) atoms. The van der Waals surface area contributed by atoms with Crippen LogP contribution < -0.4 is 5.32 Å². The zero-order chi connectivity index (χ0) is 15.0. The summed E-state index contributed by atoms with van der Waals surface area (Å²) in [5.74, 6) is 0. The molecule has 0 spiro atoms. The molecule has 4 heteroatoms. The van der Waals surface area contributed by atoms with E-state index < -0.39 is 0 Å². The minimum atomic E-state index is 0.106. The normalized spacial score (nSPS) is 12.8. The van der Waals surface area contributed by atoms with Crippen LogP contribution in [0.2, 0.25) is 5.02 Å². The Hall–Kier alpha value is -0.870. The molecule has 1 heterocycles. The highest BCUT2D eigenvalue weighted by atomic mass is 79.9. The van der Waals surface area contributed by atoms with E-state index >= 15 is 0 Å². The predicted octanol–water partition coefficient (Wildman–Crippen LogP) is 5.93. The molecule has 1 nitrogen and oxygen atoms in total. The maximum absolute atomic E-state index is 6.48. The fourth-order valence-electron chi connectivity index (χ4n) is 2.61. The molecular weight excluding hydrogens is 366 g/mol. The van der Waals surface area contributed by atoms with Crippen molar-refractivity contribution in [2.24, 2.45) is 0 Å². The van der Waals surface area contributed by atoms with Gasteiger partial charge in [-0.3, -0.25) is 0 Å². The van der Waals surface area contributed by atoms with E-state index in [1.165, 1.54) is 21.2 Å². The van der Waals surface area contributed by atoms with Crippen LogP contribution in [0.5, 0.6) is 0 Å². The highest BCUT2D eigenvalue weighted by molar-refractivity contribution is 9.10. The SMILES string of the molecule is CNC(c1scc(C)c1Cl)c1ccc(Br)c2ccccc12. The average molecular weight is 381 g/mol. The van der Waals surface area contributed by atoms with Crippen molar-refractivity contribution in [3.8, 4) is 0 Å². The monoisotopic (exact) mass is 379 g/mol. The third kappa shape index (κ3) is 2.64. The number of benzene rings is 2. The van der Waals surface area contributed by atoms with Gasteiger partial charge >= 0.3 is 0 Å². The van der Waals surface area contributed by atoms with Crippen molar-refractivity contribution in [3.05, 3.63) is 67.3 Å². The Morgan fingerprint density at radius 2 is 1.86 bits per heavy atom. The van der Waals surface area contributed by atoms with Gasteiger partial charge in [0.25, 0.3) is 0 Å². The number of nitrogens with one attached hydrogen (secondary N) is 1. The summed E-state index contributed by atoms with van der Waals surface area (Å²) in [4.78, 5) is 1.17. The average Bonchev–Trinajstić information content (AvgIpc) is 2.83. The molecule has 0 fully saturated rings. The van der Waals surface area contributed by atoms with Gasteiger partial charge in [0.2, 0.25) is 0 Å². The molecule has 3 aromatic rings. The van der Waals surface area contributed by atoms with Crippen LogP contribution in [0, 0.1) is 6.92 Å². The molecule has 2 aromatic carbocycles. The third-order valence-electron chi connectivity index (χ3n) is 3.69. The molecule has 0 saturated carbocycles. The van der Waals surface area contributed by atoms with E-state index in [1.807, 2.05) is 7.05 Å². The first kappa shape index (κ1) is 15.0. The minimum Gasteiger partial charge on any atom is -0.309 e. The number of hydrogen-bond acceptors (Lipinski definition) is 2. The first-order chi connectivity index (χ1) is 10.1. The summed E-state index contributed by atoms with van der Waals surface area (Å²) in [7, 11) is 1.98. The molecule has 1 N–H and O–H groups in total. The fraction of sp³-hybridized carbons (Fsp3) is 0.176. The number of hydrogen-bond donors (Lipinski definition) is 1. The van der Waals surface area contributed by atoms with Crippen molar-refractivity contribution >= 4 is 49.6 Å². The second-order valence-electron chi connectivity index (χ2n) is 5.00. The molecule has 0 amide bonds. The molecule has 1 unspecified atom stereocenters. The predicted molar refractivity (Wildman–Crippen MR) is 96.6 cm³/mol. The molecule has 1 aromatic heterocycles. The van der Waals surface area contributed by atoms with Gasteiger partial charge in [-0.1, -0.05) is 57.9 Å². The molecular formula is C17H15BrClNS. The lowest BCUT2D eigenvalue weighted by atomic mass is 9.97. The van der Waals surface area contributed by atoms with Crippen molar-refractivity contribution in [1.82, 2.24) is 5.32 Å². The van der Waals surface area contributed by atoms with Gasteiger partial charge in [0, 0.05) is 9.35 Å². The lowest BCUT2D eigenvalue weighted by molar-refractivity contribution is 0.709. The molecule has 0 aliphatic carbocycles. The molecule has 0 radical (unpaired) electrons. The summed E-state index contributed by atoms with van der Waals surface area (Å²) < 4.78 is 1.12. The zero-order valence-corrected chi connectivity index (χ0v) is 14.9. The number of rotatable bonds is 3. The number of aryl methyl sites for hydroxylation is 1. The molecule has 1 atom stereocenters. The minimum absolute atomic E-state index is 0.106. The number of fused-ring (bicyclic) bond motifs is 1. The van der Waals surface area contributed by atoms with Gasteiger partial charge < -0.3 is 5.32 Å². The molecule has 0 aliphatic heterocycles. The van der Waals surface area contributed by atoms with Crippen LogP contribution in [0.1, 0.15) is 22.0 Å². The summed E-state index contributed by atoms with van der Waals surface area (Å²) in [5, 5.41) is 8.86. The molecule has 0 aliphatic rings. The van der Waals surface area contributed by atoms with E-state index in [-0.39, 0.29) is 6.04 Å². The van der Waals surface area contributed by atoms with Crippen LogP contribution in [-0.2, 0) is 0 Å². The van der Waals surface area contributed by atoms with E-state index in [1.54, 1.807) is 11.3 Å². The number of thiophene rings is 1. The summed E-state index contributed by atoms with van der Waals surface area (Å²) >= 11 is 11.8. The van der Waals surface area contributed by atoms with Crippen molar-refractivity contribution in [3.63, 3.8) is 0 Å². The van der Waals surface area contributed by atoms with E-state index in [0.717, 1.165) is 15.1 Å². The van der Waals surface area contributed by atoms with Gasteiger partial charge in [-0.15, -0.1) is 11.3 Å². The van der Waals surface area contributed by atoms with Crippen molar-refractivity contribution in [1.29, 1.82) is 0 Å². The molecule has 0 bridgehead atoms. The third-order valence-corrected chi connectivity index (χ3v) is 6.16. The first-order valence-electron chi connectivity index (χ1n) is 6.71. The summed E-state index contributed by atoms with van der Waals surface area (Å²) in [6, 6.07) is 12.8. The first-order valence-corrected chi connectivity index (χ1v) is 8.76. The Bertz CT molecular complexity index is 797. The zero-order valence-electron chi connectivity index (χ0n) is 11.8. The summed E-state index contributed by atoms with van der Waals surface area (Å²) in [6.07, 6.45) is 0. The van der Waals surface area contributed by atoms with Crippen molar-refractivity contribution in [2.75, 3.05) is 7.05 Å². The van der Waals surface area contributed by atoms with Gasteiger partial charge in [0.05, 0.1) is 11.1 Å². The fourth-order valence-corrected chi connectivity index (χ4v) is 4.52. The Labute approximate surface area is 142 Å². The van der Waals surface area contributed by atoms with E-state index in [9.17, 15) is 0 Å². The van der Waals surface area contributed by atoms with Crippen LogP contribution >= 0.6 is 38.9 Å². The molecule has 3 rings (SSSR count). The van der Waals surface area contributed by atoms with Crippen molar-refractivity contribution in [2.45, 2.75) is 13.0 Å². The van der Waals surface area contributed by atoms with E-state index in [2.05, 4.69) is 69.9 Å². The standard InChI is InChI=1S/C17H15BrClNS/c1-10-9-21-17(15(10)19)16(20-2)13-7-8-14(18)12-6-4-3-5-11(12)13/h3-9,16,20H,1-2H3. The Balaban J connectivity index is 2.23. The number of halogens is 2. The highest BCUT2D eigenvalue weighted by Crippen LogP contribution is 2.39. The smallest absolute Gasteiger partial charge is 0.0689 e. The second kappa shape index (κ2) is 6.09. The van der Waals surface area contributed by atoms with E-state index in [0.29, 0.717) is 0 Å². The maximum Gasteiger partial charge on any atom is 0.0689 e. The van der Waals surface area contributed by atoms with Crippen LogP contribution in [0.3, 0.4) is 0 Å². The topological polar surface area (TPSA) is 12.0 Å². The Morgan fingerprint density at radius 3 is 2.48 bits per heavy atom. The summed E-state index contributed by atoms with van der Waals surface area (Å²) in [6.45, 7) is 2.05. The molecule has 108 valence electrons. The van der Waals surface area contributed by atoms with Gasteiger partial charge in [0.1, 0.15) is 0 Å². The van der Waals surface area contributed by atoms with Gasteiger partial charge in [-0.25, -0.2) is 0 Å². The summed E-state index contributed by atoms with van der Waals surface area (Å²) in [5.41, 5.74) is 2.39. The van der Waals surface area contributed by atoms with E-state index in [4.69, 9.17) is 11.6 Å². The van der Waals surface area contributed by atoms with Crippen LogP contribution in [0.25, 0.3) is 10.8 Å². The quantitative estimate of drug-likeness (QED) is 0.593. The lowest BCUT2D eigenvalue weighted by Crippen LogP contribution is -2.17. The van der Waals surface area contributed by atoms with Crippen molar-refractivity contribution < 1.29 is 0 Å². The Kier molecular flexibility index (Phi) is 4.36. The highest BCUT2D eigenvalue weighted by Gasteiger charge is 2.20. The van der Waals surface area contributed by atoms with Crippen LogP contribution in [-0.4, -0.2) is 7.05 Å². The largest absolute Gasteiger partial charge is 0.309 e. The maximum atomic E-state index is 6.48. The van der Waals surface area contributed by atoms with Gasteiger partial charge in [-0.05, 0) is 47.3 Å². The van der Waals surface area contributed by atoms with Crippen LogP contribution in [0.4, 0.5) is 0 Å². The lowest BCUT2D eigenvalue weighted by Gasteiger charge is -2.19. The van der Waals surface area contributed by atoms with Gasteiger partial charge in [0.15, 0.2) is 0 Å². The molecule has 0 saturated heterocycles. The van der Waals surface area contributed by atoms with Crippen LogP contribution in [0.15, 0.2) is 46.3 Å². The second-order valence-corrected chi connectivity index (χ2v) is 7.14. The van der Waals surface area contributed by atoms with Gasteiger partial charge in [-0.2, -0.15) is 0 Å².